The molecule has 1 rings (SSSR count). The summed E-state index contributed by atoms with van der Waals surface area (Å²) in [4.78, 5) is 0. The van der Waals surface area contributed by atoms with Crippen LogP contribution in [0.1, 0.15) is 24.5 Å². The molecule has 3 heteroatoms. The summed E-state index contributed by atoms with van der Waals surface area (Å²) in [7, 11) is 1.69. The minimum absolute atomic E-state index is 0.221. The number of benzene rings is 1. The van der Waals surface area contributed by atoms with Crippen molar-refractivity contribution in [2.24, 2.45) is 0 Å². The molecule has 0 bridgehead atoms. The van der Waals surface area contributed by atoms with E-state index in [-0.39, 0.29) is 6.61 Å². The van der Waals surface area contributed by atoms with Crippen LogP contribution in [0.2, 0.25) is 0 Å². The first-order valence-corrected chi connectivity index (χ1v) is 5.65. The van der Waals surface area contributed by atoms with Gasteiger partial charge >= 0.3 is 0 Å². The van der Waals surface area contributed by atoms with Crippen LogP contribution in [0.4, 0.5) is 0 Å². The van der Waals surface area contributed by atoms with E-state index in [0.29, 0.717) is 6.04 Å². The standard InChI is InChI=1S/C13H21NO2/c1-10-4-5-13(16-3)12(8-10)9-14-11(2)6-7-15/h4-5,8,11,14-15H,6-7,9H2,1-3H3. The second-order valence-electron chi connectivity index (χ2n) is 4.11. The molecule has 2 N–H and O–H groups in total. The molecule has 0 aliphatic heterocycles. The van der Waals surface area contributed by atoms with Gasteiger partial charge in [0.1, 0.15) is 5.75 Å². The molecule has 1 atom stereocenters. The molecule has 0 heterocycles. The van der Waals surface area contributed by atoms with Gasteiger partial charge in [-0.15, -0.1) is 0 Å². The number of aliphatic hydroxyl groups excluding tert-OH is 1. The van der Waals surface area contributed by atoms with E-state index in [1.54, 1.807) is 7.11 Å². The smallest absolute Gasteiger partial charge is 0.123 e. The lowest BCUT2D eigenvalue weighted by atomic mass is 10.1. The first-order valence-electron chi connectivity index (χ1n) is 5.65. The minimum Gasteiger partial charge on any atom is -0.496 e. The van der Waals surface area contributed by atoms with Crippen molar-refractivity contribution in [1.29, 1.82) is 0 Å². The van der Waals surface area contributed by atoms with Gasteiger partial charge in [-0.25, -0.2) is 0 Å². The lowest BCUT2D eigenvalue weighted by molar-refractivity contribution is 0.268. The van der Waals surface area contributed by atoms with Gasteiger partial charge in [0.15, 0.2) is 0 Å². The number of aliphatic hydroxyl groups is 1. The second-order valence-corrected chi connectivity index (χ2v) is 4.11. The summed E-state index contributed by atoms with van der Waals surface area (Å²) in [6.45, 7) is 5.13. The normalized spacial score (nSPS) is 12.5. The molecule has 1 unspecified atom stereocenters. The Bertz CT molecular complexity index is 326. The molecule has 0 aliphatic carbocycles. The van der Waals surface area contributed by atoms with Crippen molar-refractivity contribution in [2.45, 2.75) is 32.9 Å². The van der Waals surface area contributed by atoms with Crippen molar-refractivity contribution in [3.63, 3.8) is 0 Å². The van der Waals surface area contributed by atoms with Crippen molar-refractivity contribution in [3.05, 3.63) is 29.3 Å². The highest BCUT2D eigenvalue weighted by atomic mass is 16.5. The van der Waals surface area contributed by atoms with Crippen molar-refractivity contribution < 1.29 is 9.84 Å². The van der Waals surface area contributed by atoms with Crippen LogP contribution in [0.15, 0.2) is 18.2 Å². The summed E-state index contributed by atoms with van der Waals surface area (Å²) in [5, 5.41) is 12.2. The van der Waals surface area contributed by atoms with Crippen molar-refractivity contribution in [2.75, 3.05) is 13.7 Å². The molecule has 3 nitrogen and oxygen atoms in total. The van der Waals surface area contributed by atoms with Gasteiger partial charge in [0.2, 0.25) is 0 Å². The van der Waals surface area contributed by atoms with E-state index in [9.17, 15) is 0 Å². The van der Waals surface area contributed by atoms with Crippen LogP contribution in [-0.2, 0) is 6.54 Å². The van der Waals surface area contributed by atoms with Gasteiger partial charge in [-0.2, -0.15) is 0 Å². The average Bonchev–Trinajstić information content (AvgIpc) is 2.27. The zero-order chi connectivity index (χ0) is 12.0. The minimum atomic E-state index is 0.221. The van der Waals surface area contributed by atoms with E-state index in [1.807, 2.05) is 12.1 Å². The molecule has 0 amide bonds. The van der Waals surface area contributed by atoms with Crippen molar-refractivity contribution >= 4 is 0 Å². The van der Waals surface area contributed by atoms with Crippen LogP contribution in [0, 0.1) is 6.92 Å². The maximum absolute atomic E-state index is 8.81. The summed E-state index contributed by atoms with van der Waals surface area (Å²) >= 11 is 0. The summed E-state index contributed by atoms with van der Waals surface area (Å²) in [6, 6.07) is 6.47. The molecular formula is C13H21NO2. The van der Waals surface area contributed by atoms with E-state index in [1.165, 1.54) is 5.56 Å². The lowest BCUT2D eigenvalue weighted by Crippen LogP contribution is -2.26. The molecule has 0 fully saturated rings. The van der Waals surface area contributed by atoms with E-state index in [4.69, 9.17) is 9.84 Å². The SMILES string of the molecule is COc1ccc(C)cc1CNC(C)CCO. The number of hydrogen-bond acceptors (Lipinski definition) is 3. The Hall–Kier alpha value is -1.06. The number of methoxy groups -OCH3 is 1. The highest BCUT2D eigenvalue weighted by Gasteiger charge is 2.05. The van der Waals surface area contributed by atoms with Gasteiger partial charge in [-0.3, -0.25) is 0 Å². The summed E-state index contributed by atoms with van der Waals surface area (Å²) in [5.41, 5.74) is 2.39. The van der Waals surface area contributed by atoms with Gasteiger partial charge in [0, 0.05) is 24.8 Å². The third kappa shape index (κ3) is 3.83. The molecule has 0 saturated heterocycles. The van der Waals surface area contributed by atoms with Gasteiger partial charge in [0.05, 0.1) is 7.11 Å². The Balaban J connectivity index is 2.61. The van der Waals surface area contributed by atoms with Crippen LogP contribution in [-0.4, -0.2) is 24.9 Å². The molecular weight excluding hydrogens is 202 g/mol. The van der Waals surface area contributed by atoms with Crippen LogP contribution in [0.5, 0.6) is 5.75 Å². The van der Waals surface area contributed by atoms with Crippen LogP contribution >= 0.6 is 0 Å². The molecule has 0 spiro atoms. The summed E-state index contributed by atoms with van der Waals surface area (Å²) < 4.78 is 5.30. The second kappa shape index (κ2) is 6.51. The van der Waals surface area contributed by atoms with E-state index in [2.05, 4.69) is 25.2 Å². The number of rotatable bonds is 6. The average molecular weight is 223 g/mol. The van der Waals surface area contributed by atoms with Gasteiger partial charge < -0.3 is 15.2 Å². The zero-order valence-corrected chi connectivity index (χ0v) is 10.3. The van der Waals surface area contributed by atoms with Crippen molar-refractivity contribution in [3.8, 4) is 5.75 Å². The molecule has 0 saturated carbocycles. The number of ether oxygens (including phenoxy) is 1. The fraction of sp³-hybridized carbons (Fsp3) is 0.538. The van der Waals surface area contributed by atoms with Gasteiger partial charge in [-0.1, -0.05) is 17.7 Å². The maximum atomic E-state index is 8.81. The van der Waals surface area contributed by atoms with Gasteiger partial charge in [-0.05, 0) is 26.3 Å². The molecule has 1 aromatic rings. The molecule has 0 aromatic heterocycles. The van der Waals surface area contributed by atoms with E-state index < -0.39 is 0 Å². The first-order chi connectivity index (χ1) is 7.67. The van der Waals surface area contributed by atoms with E-state index >= 15 is 0 Å². The molecule has 1 aromatic carbocycles. The Morgan fingerprint density at radius 2 is 2.19 bits per heavy atom. The number of aryl methyl sites for hydroxylation is 1. The van der Waals surface area contributed by atoms with E-state index in [0.717, 1.165) is 24.3 Å². The number of nitrogens with one attached hydrogen (secondary N) is 1. The monoisotopic (exact) mass is 223 g/mol. The molecule has 90 valence electrons. The summed E-state index contributed by atoms with van der Waals surface area (Å²) in [5.74, 6) is 0.911. The molecule has 0 aliphatic rings. The highest BCUT2D eigenvalue weighted by Crippen LogP contribution is 2.19. The third-order valence-corrected chi connectivity index (χ3v) is 2.64. The Labute approximate surface area is 97.4 Å². The van der Waals surface area contributed by atoms with Gasteiger partial charge in [0.25, 0.3) is 0 Å². The Kier molecular flexibility index (Phi) is 5.29. The zero-order valence-electron chi connectivity index (χ0n) is 10.3. The third-order valence-electron chi connectivity index (χ3n) is 2.64. The topological polar surface area (TPSA) is 41.5 Å². The van der Waals surface area contributed by atoms with Crippen LogP contribution < -0.4 is 10.1 Å². The largest absolute Gasteiger partial charge is 0.496 e. The number of hydrogen-bond donors (Lipinski definition) is 2. The molecule has 16 heavy (non-hydrogen) atoms. The Morgan fingerprint density at radius 3 is 2.81 bits per heavy atom. The van der Waals surface area contributed by atoms with Crippen LogP contribution in [0.25, 0.3) is 0 Å². The maximum Gasteiger partial charge on any atom is 0.123 e. The Morgan fingerprint density at radius 1 is 1.44 bits per heavy atom. The quantitative estimate of drug-likeness (QED) is 0.773. The fourth-order valence-corrected chi connectivity index (χ4v) is 1.63. The predicted molar refractivity (Wildman–Crippen MR) is 65.7 cm³/mol. The fourth-order valence-electron chi connectivity index (χ4n) is 1.63. The first kappa shape index (κ1) is 13.0. The lowest BCUT2D eigenvalue weighted by Gasteiger charge is -2.14. The predicted octanol–water partition coefficient (Wildman–Crippen LogP) is 1.86. The molecule has 0 radical (unpaired) electrons. The highest BCUT2D eigenvalue weighted by molar-refractivity contribution is 5.36. The van der Waals surface area contributed by atoms with Crippen molar-refractivity contribution in [1.82, 2.24) is 5.32 Å². The summed E-state index contributed by atoms with van der Waals surface area (Å²) in [6.07, 6.45) is 0.772. The van der Waals surface area contributed by atoms with Crippen LogP contribution in [0.3, 0.4) is 0 Å².